The highest BCUT2D eigenvalue weighted by molar-refractivity contribution is 7.89. The number of methoxy groups -OCH3 is 2. The van der Waals surface area contributed by atoms with Crippen LogP contribution in [-0.4, -0.2) is 62.6 Å². The zero-order valence-corrected chi connectivity index (χ0v) is 14.0. The Balaban J connectivity index is 2.41. The van der Waals surface area contributed by atoms with Crippen LogP contribution in [0.1, 0.15) is 0 Å². The molecule has 0 saturated carbocycles. The molecule has 2 rings (SSSR count). The first-order valence-electron chi connectivity index (χ1n) is 6.11. The van der Waals surface area contributed by atoms with Crippen LogP contribution in [0.3, 0.4) is 0 Å². The van der Waals surface area contributed by atoms with Crippen LogP contribution in [-0.2, 0) is 19.5 Å². The maximum absolute atomic E-state index is 12.8. The predicted octanol–water partition coefficient (Wildman–Crippen LogP) is 1.33. The van der Waals surface area contributed by atoms with E-state index in [4.69, 9.17) is 21.1 Å². The number of rotatable bonds is 8. The second-order valence-corrected chi connectivity index (χ2v) is 7.24. The molecule has 2 aromatic heterocycles. The Labute approximate surface area is 132 Å². The van der Waals surface area contributed by atoms with E-state index in [-0.39, 0.29) is 36.5 Å². The minimum absolute atomic E-state index is 0.0207. The molecular weight excluding hydrogens is 338 g/mol. The van der Waals surface area contributed by atoms with Crippen LogP contribution < -0.4 is 0 Å². The molecule has 10 heteroatoms. The number of imidazole rings is 1. The van der Waals surface area contributed by atoms with Crippen LogP contribution in [0.15, 0.2) is 16.6 Å². The lowest BCUT2D eigenvalue weighted by molar-refractivity contribution is 0.150. The third-order valence-electron chi connectivity index (χ3n) is 2.85. The van der Waals surface area contributed by atoms with E-state index < -0.39 is 10.0 Å². The SMILES string of the molecule is COCCN(CCOC)S(=O)(=O)c1c(Cl)nc2sccn12. The van der Waals surface area contributed by atoms with Gasteiger partial charge >= 0.3 is 0 Å². The Morgan fingerprint density at radius 3 is 2.52 bits per heavy atom. The number of aromatic nitrogens is 2. The molecule has 0 spiro atoms. The fourth-order valence-electron chi connectivity index (χ4n) is 1.83. The van der Waals surface area contributed by atoms with Crippen molar-refractivity contribution in [3.63, 3.8) is 0 Å². The van der Waals surface area contributed by atoms with Gasteiger partial charge in [-0.3, -0.25) is 4.40 Å². The summed E-state index contributed by atoms with van der Waals surface area (Å²) in [5, 5.41) is 1.71. The summed E-state index contributed by atoms with van der Waals surface area (Å²) in [6.45, 7) is 1.00. The van der Waals surface area contributed by atoms with Gasteiger partial charge in [-0.25, -0.2) is 13.4 Å². The van der Waals surface area contributed by atoms with Crippen molar-refractivity contribution in [2.24, 2.45) is 0 Å². The monoisotopic (exact) mass is 353 g/mol. The minimum Gasteiger partial charge on any atom is -0.383 e. The van der Waals surface area contributed by atoms with Crippen LogP contribution in [0.25, 0.3) is 4.96 Å². The average molecular weight is 354 g/mol. The van der Waals surface area contributed by atoms with E-state index in [0.717, 1.165) is 0 Å². The van der Waals surface area contributed by atoms with Crippen LogP contribution in [0.4, 0.5) is 0 Å². The Hall–Kier alpha value is -0.710. The van der Waals surface area contributed by atoms with Gasteiger partial charge in [0.2, 0.25) is 0 Å². The zero-order chi connectivity index (χ0) is 15.5. The number of fused-ring (bicyclic) bond motifs is 1. The van der Waals surface area contributed by atoms with Gasteiger partial charge < -0.3 is 9.47 Å². The molecule has 0 aliphatic rings. The van der Waals surface area contributed by atoms with Crippen LogP contribution >= 0.6 is 22.9 Å². The number of sulfonamides is 1. The van der Waals surface area contributed by atoms with Gasteiger partial charge in [-0.05, 0) is 0 Å². The standard InChI is InChI=1S/C11H16ClN3O4S2/c1-18-6-3-14(4-7-19-2)21(16,17)10-9(12)13-11-15(10)5-8-20-11/h5,8H,3-4,6-7H2,1-2H3. The van der Waals surface area contributed by atoms with Crippen molar-refractivity contribution in [3.05, 3.63) is 16.7 Å². The first kappa shape index (κ1) is 16.7. The van der Waals surface area contributed by atoms with Gasteiger partial charge in [-0.2, -0.15) is 4.31 Å². The lowest BCUT2D eigenvalue weighted by atomic mass is 10.6. The summed E-state index contributed by atoms with van der Waals surface area (Å²) in [4.78, 5) is 4.60. The third-order valence-corrected chi connectivity index (χ3v) is 5.91. The van der Waals surface area contributed by atoms with E-state index >= 15 is 0 Å². The second kappa shape index (κ2) is 7.03. The highest BCUT2D eigenvalue weighted by Crippen LogP contribution is 2.27. The molecule has 0 amide bonds. The van der Waals surface area contributed by atoms with Gasteiger partial charge in [0.25, 0.3) is 10.0 Å². The normalized spacial score (nSPS) is 12.6. The zero-order valence-electron chi connectivity index (χ0n) is 11.7. The number of hydrogen-bond acceptors (Lipinski definition) is 6. The molecule has 2 heterocycles. The van der Waals surface area contributed by atoms with Crippen LogP contribution in [0.5, 0.6) is 0 Å². The van der Waals surface area contributed by atoms with Crippen LogP contribution in [0, 0.1) is 0 Å². The lowest BCUT2D eigenvalue weighted by Crippen LogP contribution is -2.37. The number of hydrogen-bond donors (Lipinski definition) is 0. The Kier molecular flexibility index (Phi) is 5.58. The average Bonchev–Trinajstić information content (AvgIpc) is 2.97. The largest absolute Gasteiger partial charge is 0.383 e. The minimum atomic E-state index is -3.78. The molecule has 0 bridgehead atoms. The Bertz CT molecular complexity index is 689. The second-order valence-electron chi connectivity index (χ2n) is 4.15. The van der Waals surface area contributed by atoms with Gasteiger partial charge in [0, 0.05) is 38.9 Å². The summed E-state index contributed by atoms with van der Waals surface area (Å²) in [6.07, 6.45) is 1.64. The summed E-state index contributed by atoms with van der Waals surface area (Å²) in [7, 11) is -0.745. The Morgan fingerprint density at radius 1 is 1.33 bits per heavy atom. The van der Waals surface area contributed by atoms with Crippen molar-refractivity contribution in [3.8, 4) is 0 Å². The van der Waals surface area contributed by atoms with E-state index in [1.54, 1.807) is 11.6 Å². The van der Waals surface area contributed by atoms with Crippen molar-refractivity contribution in [1.82, 2.24) is 13.7 Å². The first-order valence-corrected chi connectivity index (χ1v) is 8.81. The van der Waals surface area contributed by atoms with Gasteiger partial charge in [-0.15, -0.1) is 11.3 Å². The molecule has 0 N–H and O–H groups in total. The molecule has 0 atom stereocenters. The highest BCUT2D eigenvalue weighted by Gasteiger charge is 2.31. The molecule has 2 aromatic rings. The first-order chi connectivity index (χ1) is 10.0. The summed E-state index contributed by atoms with van der Waals surface area (Å²) < 4.78 is 38.3. The molecule has 0 radical (unpaired) electrons. The highest BCUT2D eigenvalue weighted by atomic mass is 35.5. The number of halogens is 1. The van der Waals surface area contributed by atoms with Crippen molar-refractivity contribution in [1.29, 1.82) is 0 Å². The van der Waals surface area contributed by atoms with E-state index in [1.165, 1.54) is 34.3 Å². The third kappa shape index (κ3) is 3.38. The lowest BCUT2D eigenvalue weighted by Gasteiger charge is -2.21. The quantitative estimate of drug-likeness (QED) is 0.716. The molecule has 0 unspecified atom stereocenters. The van der Waals surface area contributed by atoms with Gasteiger partial charge in [0.15, 0.2) is 15.1 Å². The van der Waals surface area contributed by atoms with Crippen molar-refractivity contribution < 1.29 is 17.9 Å². The van der Waals surface area contributed by atoms with E-state index in [0.29, 0.717) is 4.96 Å². The summed E-state index contributed by atoms with van der Waals surface area (Å²) in [5.74, 6) is 0. The summed E-state index contributed by atoms with van der Waals surface area (Å²) in [6, 6.07) is 0. The molecular formula is C11H16ClN3O4S2. The molecule has 21 heavy (non-hydrogen) atoms. The van der Waals surface area contributed by atoms with Gasteiger partial charge in [0.1, 0.15) is 0 Å². The smallest absolute Gasteiger partial charge is 0.262 e. The van der Waals surface area contributed by atoms with E-state index in [1.807, 2.05) is 0 Å². The van der Waals surface area contributed by atoms with Crippen LogP contribution in [0.2, 0.25) is 5.15 Å². The fourth-order valence-corrected chi connectivity index (χ4v) is 4.64. The summed E-state index contributed by atoms with van der Waals surface area (Å²) >= 11 is 7.33. The molecule has 0 aliphatic carbocycles. The van der Waals surface area contributed by atoms with Gasteiger partial charge in [0.05, 0.1) is 13.2 Å². The Morgan fingerprint density at radius 2 is 1.95 bits per heavy atom. The topological polar surface area (TPSA) is 73.1 Å². The molecule has 7 nitrogen and oxygen atoms in total. The number of thiazole rings is 1. The predicted molar refractivity (Wildman–Crippen MR) is 80.6 cm³/mol. The van der Waals surface area contributed by atoms with E-state index in [9.17, 15) is 8.42 Å². The maximum Gasteiger partial charge on any atom is 0.262 e. The molecule has 0 saturated heterocycles. The molecule has 0 aromatic carbocycles. The number of ether oxygens (including phenoxy) is 2. The van der Waals surface area contributed by atoms with Crippen molar-refractivity contribution >= 4 is 37.9 Å². The number of nitrogens with zero attached hydrogens (tertiary/aromatic N) is 3. The van der Waals surface area contributed by atoms with E-state index in [2.05, 4.69) is 4.98 Å². The molecule has 118 valence electrons. The molecule has 0 fully saturated rings. The van der Waals surface area contributed by atoms with Gasteiger partial charge in [-0.1, -0.05) is 11.6 Å². The van der Waals surface area contributed by atoms with Crippen molar-refractivity contribution in [2.45, 2.75) is 5.03 Å². The van der Waals surface area contributed by atoms with Crippen molar-refractivity contribution in [2.75, 3.05) is 40.5 Å². The summed E-state index contributed by atoms with van der Waals surface area (Å²) in [5.41, 5.74) is 0. The molecule has 0 aliphatic heterocycles. The fraction of sp³-hybridized carbons (Fsp3) is 0.545. The maximum atomic E-state index is 12.8.